The van der Waals surface area contributed by atoms with E-state index in [1.165, 1.54) is 0 Å². The molecule has 5 nitrogen and oxygen atoms in total. The molecule has 0 aliphatic rings. The van der Waals surface area contributed by atoms with E-state index in [1.807, 2.05) is 6.07 Å². The Hall–Kier alpha value is -1.88. The summed E-state index contributed by atoms with van der Waals surface area (Å²) < 4.78 is 0. The van der Waals surface area contributed by atoms with Gasteiger partial charge in [-0.05, 0) is 18.2 Å². The van der Waals surface area contributed by atoms with E-state index >= 15 is 0 Å². The molecule has 2 rings (SSSR count). The molecule has 0 spiro atoms. The highest BCUT2D eigenvalue weighted by molar-refractivity contribution is 5.93. The summed E-state index contributed by atoms with van der Waals surface area (Å²) in [5, 5.41) is 11.1. The number of nitrogens with one attached hydrogen (secondary N) is 2. The lowest BCUT2D eigenvalue weighted by atomic mass is 10.3. The molecule has 5 heteroatoms. The molecule has 72 valence electrons. The zero-order valence-electron chi connectivity index (χ0n) is 7.32. The smallest absolute Gasteiger partial charge is 0.250 e. The van der Waals surface area contributed by atoms with Crippen molar-refractivity contribution in [3.63, 3.8) is 0 Å². The summed E-state index contributed by atoms with van der Waals surface area (Å²) in [5.74, 6) is -0.431. The van der Waals surface area contributed by atoms with Crippen LogP contribution in [0.2, 0.25) is 0 Å². The van der Waals surface area contributed by atoms with Gasteiger partial charge in [-0.1, -0.05) is 0 Å². The Morgan fingerprint density at radius 3 is 3.21 bits per heavy atom. The summed E-state index contributed by atoms with van der Waals surface area (Å²) in [4.78, 5) is 17.9. The first-order valence-electron chi connectivity index (χ1n) is 4.13. The molecule has 14 heavy (non-hydrogen) atoms. The van der Waals surface area contributed by atoms with Crippen LogP contribution in [0.4, 0.5) is 5.69 Å². The van der Waals surface area contributed by atoms with E-state index < -0.39 is 12.5 Å². The Balaban J connectivity index is 2.30. The van der Waals surface area contributed by atoms with Crippen molar-refractivity contribution in [2.75, 3.05) is 11.9 Å². The first kappa shape index (κ1) is 8.71. The zero-order valence-corrected chi connectivity index (χ0v) is 7.32. The van der Waals surface area contributed by atoms with E-state index in [1.54, 1.807) is 18.5 Å². The topological polar surface area (TPSA) is 78.0 Å². The molecule has 1 aromatic heterocycles. The van der Waals surface area contributed by atoms with Crippen LogP contribution in [0.25, 0.3) is 11.0 Å². The Labute approximate surface area is 79.8 Å². The van der Waals surface area contributed by atoms with Crippen molar-refractivity contribution in [1.82, 2.24) is 9.97 Å². The van der Waals surface area contributed by atoms with Gasteiger partial charge in [-0.2, -0.15) is 0 Å². The fourth-order valence-corrected chi connectivity index (χ4v) is 1.21. The van der Waals surface area contributed by atoms with Crippen molar-refractivity contribution >= 4 is 22.6 Å². The highest BCUT2D eigenvalue weighted by Gasteiger charge is 2.01. The number of hydrogen-bond donors (Lipinski definition) is 3. The molecule has 0 saturated heterocycles. The molecule has 1 amide bonds. The van der Waals surface area contributed by atoms with Crippen LogP contribution in [-0.4, -0.2) is 27.6 Å². The average Bonchev–Trinajstić information content (AvgIpc) is 2.64. The Bertz CT molecular complexity index is 464. The quantitative estimate of drug-likeness (QED) is 0.646. The highest BCUT2D eigenvalue weighted by Crippen LogP contribution is 2.15. The van der Waals surface area contributed by atoms with Gasteiger partial charge in [0.2, 0.25) is 5.91 Å². The maximum atomic E-state index is 10.9. The lowest BCUT2D eigenvalue weighted by Gasteiger charge is -2.01. The number of imidazole rings is 1. The van der Waals surface area contributed by atoms with Gasteiger partial charge >= 0.3 is 0 Å². The number of aromatic nitrogens is 2. The Morgan fingerprint density at radius 2 is 2.43 bits per heavy atom. The number of aliphatic hydroxyl groups excluding tert-OH is 1. The average molecular weight is 191 g/mol. The maximum Gasteiger partial charge on any atom is 0.250 e. The Morgan fingerprint density at radius 1 is 1.57 bits per heavy atom. The minimum absolute atomic E-state index is 0.431. The van der Waals surface area contributed by atoms with Gasteiger partial charge in [-0.25, -0.2) is 4.98 Å². The highest BCUT2D eigenvalue weighted by atomic mass is 16.3. The second-order valence-electron chi connectivity index (χ2n) is 2.84. The summed E-state index contributed by atoms with van der Waals surface area (Å²) in [7, 11) is 0. The number of nitrogens with zero attached hydrogens (tertiary/aromatic N) is 1. The lowest BCUT2D eigenvalue weighted by Crippen LogP contribution is -2.15. The lowest BCUT2D eigenvalue weighted by molar-refractivity contribution is -0.118. The summed E-state index contributed by atoms with van der Waals surface area (Å²) >= 11 is 0. The largest absolute Gasteiger partial charge is 0.387 e. The number of H-pyrrole nitrogens is 1. The van der Waals surface area contributed by atoms with Gasteiger partial charge in [0, 0.05) is 5.69 Å². The number of carbonyl (C=O) groups excluding carboxylic acids is 1. The molecule has 3 N–H and O–H groups in total. The molecule has 0 unspecified atom stereocenters. The fraction of sp³-hybridized carbons (Fsp3) is 0.111. The maximum absolute atomic E-state index is 10.9. The number of carbonyl (C=O) groups is 1. The van der Waals surface area contributed by atoms with Crippen LogP contribution in [0.3, 0.4) is 0 Å². The van der Waals surface area contributed by atoms with Crippen LogP contribution in [-0.2, 0) is 4.79 Å². The van der Waals surface area contributed by atoms with Crippen molar-refractivity contribution in [2.24, 2.45) is 0 Å². The van der Waals surface area contributed by atoms with Crippen molar-refractivity contribution in [3.05, 3.63) is 24.5 Å². The zero-order chi connectivity index (χ0) is 9.97. The molecule has 2 aromatic rings. The van der Waals surface area contributed by atoms with E-state index in [2.05, 4.69) is 15.3 Å². The van der Waals surface area contributed by atoms with Gasteiger partial charge in [-0.3, -0.25) is 4.79 Å². The van der Waals surface area contributed by atoms with Crippen molar-refractivity contribution in [3.8, 4) is 0 Å². The van der Waals surface area contributed by atoms with Gasteiger partial charge < -0.3 is 15.4 Å². The number of aromatic amines is 1. The van der Waals surface area contributed by atoms with Gasteiger partial charge in [0.15, 0.2) is 0 Å². The fourth-order valence-electron chi connectivity index (χ4n) is 1.21. The summed E-state index contributed by atoms with van der Waals surface area (Å²) in [6, 6.07) is 5.29. The number of benzene rings is 1. The van der Waals surface area contributed by atoms with E-state index in [-0.39, 0.29) is 0 Å². The molecular formula is C9H9N3O2. The normalized spacial score (nSPS) is 10.4. The van der Waals surface area contributed by atoms with Crippen LogP contribution < -0.4 is 5.32 Å². The molecular weight excluding hydrogens is 182 g/mol. The van der Waals surface area contributed by atoms with E-state index in [0.717, 1.165) is 11.0 Å². The molecule has 0 aliphatic carbocycles. The number of anilines is 1. The van der Waals surface area contributed by atoms with Crippen molar-refractivity contribution in [1.29, 1.82) is 0 Å². The minimum Gasteiger partial charge on any atom is -0.387 e. The second-order valence-corrected chi connectivity index (χ2v) is 2.84. The van der Waals surface area contributed by atoms with Crippen LogP contribution in [0, 0.1) is 0 Å². The number of amides is 1. The van der Waals surface area contributed by atoms with Crippen LogP contribution in [0.1, 0.15) is 0 Å². The predicted octanol–water partition coefficient (Wildman–Crippen LogP) is 0.494. The molecule has 1 aromatic carbocycles. The minimum atomic E-state index is -0.515. The standard InChI is InChI=1S/C9H9N3O2/c13-4-9(14)12-6-1-2-7-8(3-6)11-5-10-7/h1-3,5,13H,4H2,(H,10,11)(H,12,14). The molecule has 0 saturated carbocycles. The van der Waals surface area contributed by atoms with Crippen molar-refractivity contribution in [2.45, 2.75) is 0 Å². The summed E-state index contributed by atoms with van der Waals surface area (Å²) in [6.07, 6.45) is 1.59. The number of hydrogen-bond acceptors (Lipinski definition) is 3. The predicted molar refractivity (Wildman–Crippen MR) is 51.8 cm³/mol. The number of aliphatic hydroxyl groups is 1. The second kappa shape index (κ2) is 3.47. The molecule has 0 atom stereocenters. The van der Waals surface area contributed by atoms with E-state index in [4.69, 9.17) is 5.11 Å². The molecule has 0 radical (unpaired) electrons. The third-order valence-corrected chi connectivity index (χ3v) is 1.85. The summed E-state index contributed by atoms with van der Waals surface area (Å²) in [5.41, 5.74) is 2.32. The first-order chi connectivity index (χ1) is 6.79. The van der Waals surface area contributed by atoms with Gasteiger partial charge in [0.1, 0.15) is 6.61 Å². The van der Waals surface area contributed by atoms with E-state index in [0.29, 0.717) is 5.69 Å². The molecule has 0 aliphatic heterocycles. The summed E-state index contributed by atoms with van der Waals surface area (Å²) in [6.45, 7) is -0.515. The third-order valence-electron chi connectivity index (χ3n) is 1.85. The van der Waals surface area contributed by atoms with Gasteiger partial charge in [0.05, 0.1) is 17.4 Å². The SMILES string of the molecule is O=C(CO)Nc1ccc2[nH]cnc2c1. The monoisotopic (exact) mass is 191 g/mol. The van der Waals surface area contributed by atoms with Gasteiger partial charge in [0.25, 0.3) is 0 Å². The van der Waals surface area contributed by atoms with Crippen LogP contribution >= 0.6 is 0 Å². The molecule has 0 bridgehead atoms. The van der Waals surface area contributed by atoms with Gasteiger partial charge in [-0.15, -0.1) is 0 Å². The molecule has 0 fully saturated rings. The van der Waals surface area contributed by atoms with E-state index in [9.17, 15) is 4.79 Å². The van der Waals surface area contributed by atoms with Crippen LogP contribution in [0.15, 0.2) is 24.5 Å². The Kier molecular flexibility index (Phi) is 2.16. The first-order valence-corrected chi connectivity index (χ1v) is 4.13. The van der Waals surface area contributed by atoms with Crippen molar-refractivity contribution < 1.29 is 9.90 Å². The van der Waals surface area contributed by atoms with Crippen LogP contribution in [0.5, 0.6) is 0 Å². The third kappa shape index (κ3) is 1.57. The number of fused-ring (bicyclic) bond motifs is 1. The molecule has 1 heterocycles. The number of rotatable bonds is 2.